The summed E-state index contributed by atoms with van der Waals surface area (Å²) in [5.41, 5.74) is 2.07. The molecule has 128 valence electrons. The number of rotatable bonds is 7. The van der Waals surface area contributed by atoms with Gasteiger partial charge in [-0.05, 0) is 17.7 Å². The molecule has 0 bridgehead atoms. The quantitative estimate of drug-likeness (QED) is 0.678. The largest absolute Gasteiger partial charge is 0.496 e. The smallest absolute Gasteiger partial charge is 0.236 e. The van der Waals surface area contributed by atoms with Gasteiger partial charge in [0.25, 0.3) is 0 Å². The molecule has 5 nitrogen and oxygen atoms in total. The summed E-state index contributed by atoms with van der Waals surface area (Å²) in [6, 6.07) is 17.7. The van der Waals surface area contributed by atoms with Gasteiger partial charge in [0.2, 0.25) is 11.0 Å². The molecule has 3 rings (SSSR count). The molecule has 0 aliphatic carbocycles. The molecule has 1 amide bonds. The Morgan fingerprint density at radius 2 is 1.88 bits per heavy atom. The second-order valence-electron chi connectivity index (χ2n) is 5.14. The molecular weight excluding hydrogens is 354 g/mol. The average molecular weight is 371 g/mol. The van der Waals surface area contributed by atoms with Gasteiger partial charge in [-0.2, -0.15) is 0 Å². The van der Waals surface area contributed by atoms with E-state index in [1.54, 1.807) is 18.9 Å². The standard InChI is InChI=1S/C18H17N3O2S2/c1-23-15-10-6-5-9-14(15)17-20-21-18(25-17)19-16(22)12-24-11-13-7-3-2-4-8-13/h2-10H,11-12H2,1H3,(H,19,21,22). The van der Waals surface area contributed by atoms with Crippen LogP contribution in [0.3, 0.4) is 0 Å². The molecule has 0 unspecified atom stereocenters. The minimum atomic E-state index is -0.0799. The summed E-state index contributed by atoms with van der Waals surface area (Å²) in [6.45, 7) is 0. The third-order valence-electron chi connectivity index (χ3n) is 3.35. The number of hydrogen-bond acceptors (Lipinski definition) is 6. The van der Waals surface area contributed by atoms with Crippen molar-refractivity contribution in [3.8, 4) is 16.3 Å². The molecule has 1 heterocycles. The summed E-state index contributed by atoms with van der Waals surface area (Å²) >= 11 is 2.90. The lowest BCUT2D eigenvalue weighted by atomic mass is 10.2. The predicted molar refractivity (Wildman–Crippen MR) is 103 cm³/mol. The molecule has 25 heavy (non-hydrogen) atoms. The van der Waals surface area contributed by atoms with E-state index in [0.29, 0.717) is 15.9 Å². The molecule has 0 saturated heterocycles. The molecule has 0 spiro atoms. The van der Waals surface area contributed by atoms with E-state index in [1.807, 2.05) is 42.5 Å². The fraction of sp³-hybridized carbons (Fsp3) is 0.167. The van der Waals surface area contributed by atoms with Gasteiger partial charge >= 0.3 is 0 Å². The van der Waals surface area contributed by atoms with Crippen molar-refractivity contribution in [2.24, 2.45) is 0 Å². The first-order valence-electron chi connectivity index (χ1n) is 7.64. The number of carbonyl (C=O) groups is 1. The summed E-state index contributed by atoms with van der Waals surface area (Å²) < 4.78 is 5.33. The lowest BCUT2D eigenvalue weighted by molar-refractivity contribution is -0.113. The number of aromatic nitrogens is 2. The van der Waals surface area contributed by atoms with Crippen molar-refractivity contribution in [3.63, 3.8) is 0 Å². The summed E-state index contributed by atoms with van der Waals surface area (Å²) in [5.74, 6) is 1.83. The van der Waals surface area contributed by atoms with Gasteiger partial charge in [0, 0.05) is 5.75 Å². The molecule has 0 radical (unpaired) electrons. The van der Waals surface area contributed by atoms with E-state index in [-0.39, 0.29) is 5.91 Å². The molecule has 3 aromatic rings. The Balaban J connectivity index is 1.55. The van der Waals surface area contributed by atoms with Crippen molar-refractivity contribution in [1.82, 2.24) is 10.2 Å². The van der Waals surface area contributed by atoms with E-state index >= 15 is 0 Å². The topological polar surface area (TPSA) is 64.1 Å². The van der Waals surface area contributed by atoms with E-state index in [2.05, 4.69) is 27.6 Å². The summed E-state index contributed by atoms with van der Waals surface area (Å²) in [7, 11) is 1.62. The lowest BCUT2D eigenvalue weighted by Gasteiger charge is -2.04. The maximum absolute atomic E-state index is 12.1. The number of para-hydroxylation sites is 1. The fourth-order valence-corrected chi connectivity index (χ4v) is 3.77. The lowest BCUT2D eigenvalue weighted by Crippen LogP contribution is -2.13. The van der Waals surface area contributed by atoms with Crippen LogP contribution in [0, 0.1) is 0 Å². The van der Waals surface area contributed by atoms with E-state index in [1.165, 1.54) is 16.9 Å². The van der Waals surface area contributed by atoms with Crippen LogP contribution in [0.25, 0.3) is 10.6 Å². The Bertz CT molecular complexity index is 837. The number of nitrogens with one attached hydrogen (secondary N) is 1. The molecule has 0 saturated carbocycles. The third-order valence-corrected chi connectivity index (χ3v) is 5.23. The number of methoxy groups -OCH3 is 1. The summed E-state index contributed by atoms with van der Waals surface area (Å²) in [4.78, 5) is 12.1. The van der Waals surface area contributed by atoms with Crippen LogP contribution in [0.4, 0.5) is 5.13 Å². The zero-order valence-electron chi connectivity index (χ0n) is 13.6. The van der Waals surface area contributed by atoms with Crippen molar-refractivity contribution in [3.05, 3.63) is 60.2 Å². The van der Waals surface area contributed by atoms with Gasteiger partial charge in [0.05, 0.1) is 18.4 Å². The number of nitrogens with zero attached hydrogens (tertiary/aromatic N) is 2. The van der Waals surface area contributed by atoms with Crippen molar-refractivity contribution in [2.75, 3.05) is 18.2 Å². The second kappa shape index (κ2) is 8.64. The first-order valence-corrected chi connectivity index (χ1v) is 9.62. The Kier molecular flexibility index (Phi) is 6.03. The van der Waals surface area contributed by atoms with Crippen LogP contribution in [0.2, 0.25) is 0 Å². The molecule has 1 N–H and O–H groups in total. The molecule has 7 heteroatoms. The number of benzene rings is 2. The highest BCUT2D eigenvalue weighted by Crippen LogP contribution is 2.33. The molecule has 2 aromatic carbocycles. The molecule has 0 aliphatic rings. The van der Waals surface area contributed by atoms with Crippen LogP contribution in [0.1, 0.15) is 5.56 Å². The maximum atomic E-state index is 12.1. The Labute approximate surface area is 154 Å². The van der Waals surface area contributed by atoms with E-state index in [4.69, 9.17) is 4.74 Å². The minimum absolute atomic E-state index is 0.0799. The number of ether oxygens (including phenoxy) is 1. The highest BCUT2D eigenvalue weighted by molar-refractivity contribution is 7.99. The van der Waals surface area contributed by atoms with Crippen LogP contribution >= 0.6 is 23.1 Å². The monoisotopic (exact) mass is 371 g/mol. The Hall–Kier alpha value is -2.38. The van der Waals surface area contributed by atoms with Gasteiger partial charge in [-0.3, -0.25) is 10.1 Å². The zero-order chi connectivity index (χ0) is 17.5. The number of thioether (sulfide) groups is 1. The molecule has 0 fully saturated rings. The number of anilines is 1. The van der Waals surface area contributed by atoms with Gasteiger partial charge in [0.15, 0.2) is 5.01 Å². The first kappa shape index (κ1) is 17.4. The van der Waals surface area contributed by atoms with E-state index < -0.39 is 0 Å². The normalized spacial score (nSPS) is 10.4. The van der Waals surface area contributed by atoms with E-state index in [9.17, 15) is 4.79 Å². The first-order chi connectivity index (χ1) is 12.3. The Morgan fingerprint density at radius 3 is 2.68 bits per heavy atom. The molecular formula is C18H17N3O2S2. The van der Waals surface area contributed by atoms with Crippen molar-refractivity contribution >= 4 is 34.1 Å². The van der Waals surface area contributed by atoms with Gasteiger partial charge in [0.1, 0.15) is 5.75 Å². The Morgan fingerprint density at radius 1 is 1.12 bits per heavy atom. The van der Waals surface area contributed by atoms with Crippen LogP contribution in [-0.4, -0.2) is 29.0 Å². The van der Waals surface area contributed by atoms with Crippen molar-refractivity contribution in [2.45, 2.75) is 5.75 Å². The summed E-state index contributed by atoms with van der Waals surface area (Å²) in [5, 5.41) is 12.2. The number of amides is 1. The highest BCUT2D eigenvalue weighted by atomic mass is 32.2. The van der Waals surface area contributed by atoms with Crippen molar-refractivity contribution in [1.29, 1.82) is 0 Å². The predicted octanol–water partition coefficient (Wildman–Crippen LogP) is 4.09. The van der Waals surface area contributed by atoms with Gasteiger partial charge in [-0.15, -0.1) is 22.0 Å². The van der Waals surface area contributed by atoms with E-state index in [0.717, 1.165) is 17.1 Å². The average Bonchev–Trinajstić information content (AvgIpc) is 3.10. The van der Waals surface area contributed by atoms with Crippen molar-refractivity contribution < 1.29 is 9.53 Å². The maximum Gasteiger partial charge on any atom is 0.236 e. The van der Waals surface area contributed by atoms with Gasteiger partial charge < -0.3 is 4.74 Å². The second-order valence-corrected chi connectivity index (χ2v) is 7.10. The van der Waals surface area contributed by atoms with Gasteiger partial charge in [-0.25, -0.2) is 0 Å². The van der Waals surface area contributed by atoms with Crippen LogP contribution in [0.15, 0.2) is 54.6 Å². The highest BCUT2D eigenvalue weighted by Gasteiger charge is 2.12. The third kappa shape index (κ3) is 4.80. The van der Waals surface area contributed by atoms with Crippen LogP contribution in [-0.2, 0) is 10.5 Å². The molecule has 1 aromatic heterocycles. The molecule has 0 atom stereocenters. The minimum Gasteiger partial charge on any atom is -0.496 e. The fourth-order valence-electron chi connectivity index (χ4n) is 2.20. The van der Waals surface area contributed by atoms with Gasteiger partial charge in [-0.1, -0.05) is 53.8 Å². The molecule has 0 aliphatic heterocycles. The number of carbonyl (C=O) groups excluding carboxylic acids is 1. The summed E-state index contributed by atoms with van der Waals surface area (Å²) in [6.07, 6.45) is 0. The van der Waals surface area contributed by atoms with Crippen LogP contribution < -0.4 is 10.1 Å². The van der Waals surface area contributed by atoms with Crippen LogP contribution in [0.5, 0.6) is 5.75 Å². The SMILES string of the molecule is COc1ccccc1-c1nnc(NC(=O)CSCc2ccccc2)s1. The number of hydrogen-bond donors (Lipinski definition) is 1. The zero-order valence-corrected chi connectivity index (χ0v) is 15.3.